The number of carbonyl (C=O) groups is 2. The monoisotopic (exact) mass is 478 g/mol. The van der Waals surface area contributed by atoms with Crippen LogP contribution in [0.3, 0.4) is 0 Å². The Morgan fingerprint density at radius 3 is 2.31 bits per heavy atom. The van der Waals surface area contributed by atoms with Crippen molar-refractivity contribution in [2.75, 3.05) is 6.61 Å². The van der Waals surface area contributed by atoms with Crippen molar-refractivity contribution in [1.82, 2.24) is 20.6 Å². The van der Waals surface area contributed by atoms with Crippen molar-refractivity contribution in [3.8, 4) is 5.75 Å². The van der Waals surface area contributed by atoms with Crippen LogP contribution in [-0.4, -0.2) is 44.1 Å². The fourth-order valence-corrected chi connectivity index (χ4v) is 3.97. The molecule has 0 amide bonds. The third-order valence-electron chi connectivity index (χ3n) is 5.96. The third kappa shape index (κ3) is 8.31. The Hall–Kier alpha value is -3.55. The smallest absolute Gasteiger partial charge is 0.335 e. The minimum atomic E-state index is -1.06. The number of hydrogen-bond donors (Lipinski definition) is 2. The summed E-state index contributed by atoms with van der Waals surface area (Å²) in [6.07, 6.45) is 11.0. The Kier molecular flexibility index (Phi) is 10.4. The van der Waals surface area contributed by atoms with E-state index in [1.54, 1.807) is 18.2 Å². The number of aromatic nitrogens is 4. The first-order chi connectivity index (χ1) is 17.1. The number of aromatic carboxylic acids is 1. The van der Waals surface area contributed by atoms with Crippen molar-refractivity contribution in [3.63, 3.8) is 0 Å². The lowest BCUT2D eigenvalue weighted by Crippen LogP contribution is -2.07. The summed E-state index contributed by atoms with van der Waals surface area (Å²) in [5.74, 6) is 0.0332. The first kappa shape index (κ1) is 26.1. The van der Waals surface area contributed by atoms with Crippen molar-refractivity contribution in [3.05, 3.63) is 70.5 Å². The molecule has 1 aromatic heterocycles. The van der Waals surface area contributed by atoms with E-state index >= 15 is 0 Å². The van der Waals surface area contributed by atoms with Crippen LogP contribution in [-0.2, 0) is 12.8 Å². The third-order valence-corrected chi connectivity index (χ3v) is 5.96. The van der Waals surface area contributed by atoms with Gasteiger partial charge in [-0.1, -0.05) is 69.2 Å². The van der Waals surface area contributed by atoms with Gasteiger partial charge in [-0.25, -0.2) is 4.79 Å². The van der Waals surface area contributed by atoms with E-state index in [0.29, 0.717) is 36.4 Å². The van der Waals surface area contributed by atoms with Crippen molar-refractivity contribution < 1.29 is 19.4 Å². The lowest BCUT2D eigenvalue weighted by Gasteiger charge is -2.13. The predicted molar refractivity (Wildman–Crippen MR) is 133 cm³/mol. The zero-order valence-electron chi connectivity index (χ0n) is 20.3. The number of hydrogen-bond acceptors (Lipinski definition) is 6. The van der Waals surface area contributed by atoms with Gasteiger partial charge in [0.15, 0.2) is 11.6 Å². The maximum atomic E-state index is 13.1. The van der Waals surface area contributed by atoms with Crippen LogP contribution < -0.4 is 4.74 Å². The molecule has 2 aromatic carbocycles. The number of aryl methyl sites for hydroxylation is 2. The first-order valence-corrected chi connectivity index (χ1v) is 12.4. The van der Waals surface area contributed by atoms with Crippen molar-refractivity contribution >= 4 is 11.8 Å². The van der Waals surface area contributed by atoms with Gasteiger partial charge in [0.2, 0.25) is 0 Å². The highest BCUT2D eigenvalue weighted by molar-refractivity contribution is 6.10. The number of rotatable bonds is 16. The normalized spacial score (nSPS) is 10.9. The molecule has 0 aliphatic carbocycles. The minimum Gasteiger partial charge on any atom is -0.493 e. The van der Waals surface area contributed by atoms with Crippen molar-refractivity contribution in [2.45, 2.75) is 71.1 Å². The molecular weight excluding hydrogens is 444 g/mol. The van der Waals surface area contributed by atoms with E-state index in [2.05, 4.69) is 27.5 Å². The maximum Gasteiger partial charge on any atom is 0.335 e. The molecule has 1 heterocycles. The highest BCUT2D eigenvalue weighted by atomic mass is 16.5. The number of tetrazole rings is 1. The van der Waals surface area contributed by atoms with Crippen molar-refractivity contribution in [2.24, 2.45) is 0 Å². The van der Waals surface area contributed by atoms with Crippen LogP contribution in [0.1, 0.15) is 96.0 Å². The summed E-state index contributed by atoms with van der Waals surface area (Å²) in [7, 11) is 0. The molecule has 0 fully saturated rings. The molecule has 186 valence electrons. The number of ether oxygens (including phenoxy) is 1. The van der Waals surface area contributed by atoms with Crippen LogP contribution in [0.15, 0.2) is 42.5 Å². The predicted octanol–water partition coefficient (Wildman–Crippen LogP) is 5.43. The molecule has 3 aromatic rings. The zero-order valence-corrected chi connectivity index (χ0v) is 20.3. The van der Waals surface area contributed by atoms with Crippen LogP contribution in [0.25, 0.3) is 0 Å². The molecule has 0 saturated heterocycles. The van der Waals surface area contributed by atoms with Gasteiger partial charge in [0.25, 0.3) is 0 Å². The average molecular weight is 479 g/mol. The SMILES string of the molecule is CCCCCCCCCCOc1ccc(C(=O)c2cccc(C(=O)O)c2)cc1CCc1nn[nH]n1. The molecule has 2 N–H and O–H groups in total. The molecule has 0 spiro atoms. The van der Waals surface area contributed by atoms with E-state index < -0.39 is 5.97 Å². The van der Waals surface area contributed by atoms with Crippen LogP contribution in [0.5, 0.6) is 5.75 Å². The molecule has 35 heavy (non-hydrogen) atoms. The lowest BCUT2D eigenvalue weighted by atomic mass is 9.97. The van der Waals surface area contributed by atoms with Gasteiger partial charge < -0.3 is 9.84 Å². The van der Waals surface area contributed by atoms with Gasteiger partial charge in [-0.15, -0.1) is 10.2 Å². The van der Waals surface area contributed by atoms with Crippen molar-refractivity contribution in [1.29, 1.82) is 0 Å². The highest BCUT2D eigenvalue weighted by Crippen LogP contribution is 2.24. The van der Waals surface area contributed by atoms with Gasteiger partial charge in [-0.05, 0) is 48.7 Å². The van der Waals surface area contributed by atoms with Crippen LogP contribution in [0, 0.1) is 0 Å². The Bertz CT molecular complexity index is 1080. The second kappa shape index (κ2) is 14.0. The molecule has 8 nitrogen and oxygen atoms in total. The Labute approximate surface area is 206 Å². The van der Waals surface area contributed by atoms with Gasteiger partial charge in [-0.3, -0.25) is 4.79 Å². The molecule has 0 aliphatic heterocycles. The van der Waals surface area contributed by atoms with Crippen LogP contribution in [0.2, 0.25) is 0 Å². The topological polar surface area (TPSA) is 118 Å². The van der Waals surface area contributed by atoms with E-state index in [-0.39, 0.29) is 11.3 Å². The van der Waals surface area contributed by atoms with E-state index in [4.69, 9.17) is 4.74 Å². The number of carbonyl (C=O) groups excluding carboxylic acids is 1. The molecule has 0 saturated carbocycles. The first-order valence-electron chi connectivity index (χ1n) is 12.4. The second-order valence-electron chi connectivity index (χ2n) is 8.69. The zero-order chi connectivity index (χ0) is 24.9. The van der Waals surface area contributed by atoms with E-state index in [9.17, 15) is 14.7 Å². The van der Waals surface area contributed by atoms with E-state index in [1.807, 2.05) is 12.1 Å². The summed E-state index contributed by atoms with van der Waals surface area (Å²) < 4.78 is 6.09. The number of unbranched alkanes of at least 4 members (excludes halogenated alkanes) is 7. The number of nitrogens with zero attached hydrogens (tertiary/aromatic N) is 3. The number of aromatic amines is 1. The number of benzene rings is 2. The number of H-pyrrole nitrogens is 1. The standard InChI is InChI=1S/C27H34N4O4/c1-2-3-4-5-6-7-8-9-17-35-24-15-13-22(18-20(24)14-16-25-28-30-31-29-25)26(32)21-11-10-12-23(19-21)27(33)34/h10-13,15,18-19H,2-9,14,16-17H2,1H3,(H,33,34)(H,28,29,30,31). The highest BCUT2D eigenvalue weighted by Gasteiger charge is 2.15. The largest absolute Gasteiger partial charge is 0.493 e. The Morgan fingerprint density at radius 1 is 0.886 bits per heavy atom. The summed E-state index contributed by atoms with van der Waals surface area (Å²) in [5, 5.41) is 23.3. The fourth-order valence-electron chi connectivity index (χ4n) is 3.97. The molecule has 0 radical (unpaired) electrons. The van der Waals surface area contributed by atoms with Gasteiger partial charge in [-0.2, -0.15) is 5.21 Å². The summed E-state index contributed by atoms with van der Waals surface area (Å²) >= 11 is 0. The van der Waals surface area contributed by atoms with Gasteiger partial charge in [0.05, 0.1) is 12.2 Å². The number of ketones is 1. The van der Waals surface area contributed by atoms with Gasteiger partial charge in [0, 0.05) is 17.5 Å². The van der Waals surface area contributed by atoms with E-state index in [1.165, 1.54) is 50.7 Å². The molecule has 0 atom stereocenters. The molecule has 0 aliphatic rings. The lowest BCUT2D eigenvalue weighted by molar-refractivity contribution is 0.0697. The molecule has 0 unspecified atom stereocenters. The van der Waals surface area contributed by atoms with Crippen LogP contribution in [0.4, 0.5) is 0 Å². The van der Waals surface area contributed by atoms with Crippen LogP contribution >= 0.6 is 0 Å². The summed E-state index contributed by atoms with van der Waals surface area (Å²) in [6.45, 7) is 2.85. The second-order valence-corrected chi connectivity index (χ2v) is 8.69. The molecule has 3 rings (SSSR count). The number of carboxylic acid groups (broad SMARTS) is 1. The minimum absolute atomic E-state index is 0.0819. The summed E-state index contributed by atoms with van der Waals surface area (Å²) in [4.78, 5) is 24.4. The number of nitrogens with one attached hydrogen (secondary N) is 1. The molecule has 0 bridgehead atoms. The molecule has 8 heteroatoms. The Balaban J connectivity index is 1.64. The molecular formula is C27H34N4O4. The summed E-state index contributed by atoms with van der Waals surface area (Å²) in [6, 6.07) is 11.4. The van der Waals surface area contributed by atoms with E-state index in [0.717, 1.165) is 24.2 Å². The van der Waals surface area contributed by atoms with Gasteiger partial charge >= 0.3 is 5.97 Å². The Morgan fingerprint density at radius 2 is 1.60 bits per heavy atom. The average Bonchev–Trinajstić information content (AvgIpc) is 3.40. The van der Waals surface area contributed by atoms with Gasteiger partial charge in [0.1, 0.15) is 5.75 Å². The number of carboxylic acids is 1. The summed E-state index contributed by atoms with van der Waals surface area (Å²) in [5.41, 5.74) is 1.78. The fraction of sp³-hybridized carbons (Fsp3) is 0.444. The quantitative estimate of drug-likeness (QED) is 0.208. The maximum absolute atomic E-state index is 13.1.